The largest absolute Gasteiger partial charge is 0.477 e. The van der Waals surface area contributed by atoms with Crippen LogP contribution in [-0.4, -0.2) is 40.0 Å². The maximum atomic E-state index is 12.4. The number of amides is 1. The molecule has 1 amide bonds. The number of carboxylic acids is 1. The van der Waals surface area contributed by atoms with Crippen molar-refractivity contribution in [3.63, 3.8) is 0 Å². The van der Waals surface area contributed by atoms with Crippen LogP contribution >= 0.6 is 0 Å². The van der Waals surface area contributed by atoms with Gasteiger partial charge in [-0.15, -0.1) is 0 Å². The summed E-state index contributed by atoms with van der Waals surface area (Å²) in [5.74, 6) is 0.206. The maximum Gasteiger partial charge on any atom is 0.354 e. The lowest BCUT2D eigenvalue weighted by atomic mass is 9.82. The molecule has 0 radical (unpaired) electrons. The van der Waals surface area contributed by atoms with E-state index in [-0.39, 0.29) is 11.6 Å². The zero-order valence-corrected chi connectivity index (χ0v) is 11.3. The Morgan fingerprint density at radius 2 is 1.80 bits per heavy atom. The van der Waals surface area contributed by atoms with E-state index in [4.69, 9.17) is 5.11 Å². The molecule has 5 nitrogen and oxygen atoms in total. The van der Waals surface area contributed by atoms with Crippen LogP contribution in [0.1, 0.15) is 46.5 Å². The number of hydrogen-bond donors (Lipinski definition) is 1. The molecule has 1 saturated carbocycles. The topological polar surface area (TPSA) is 70.5 Å². The lowest BCUT2D eigenvalue weighted by Crippen LogP contribution is -2.29. The second kappa shape index (κ2) is 5.23. The van der Waals surface area contributed by atoms with E-state index in [1.165, 1.54) is 37.9 Å². The summed E-state index contributed by atoms with van der Waals surface area (Å²) in [6.45, 7) is 1.67. The number of nitrogens with zero attached hydrogens (tertiary/aromatic N) is 2. The smallest absolute Gasteiger partial charge is 0.354 e. The third-order valence-electron chi connectivity index (χ3n) is 4.49. The monoisotopic (exact) mass is 274 g/mol. The SMILES string of the molecule is O=C(O)c1ccc(C(=O)N2CC3CCCCC3C2)cn1. The molecule has 20 heavy (non-hydrogen) atoms. The summed E-state index contributed by atoms with van der Waals surface area (Å²) < 4.78 is 0. The van der Waals surface area contributed by atoms with E-state index in [1.54, 1.807) is 6.07 Å². The average Bonchev–Trinajstić information content (AvgIpc) is 2.90. The van der Waals surface area contributed by atoms with Crippen molar-refractivity contribution in [3.8, 4) is 0 Å². The minimum atomic E-state index is -1.07. The molecule has 2 atom stereocenters. The Morgan fingerprint density at radius 1 is 1.15 bits per heavy atom. The lowest BCUT2D eigenvalue weighted by Gasteiger charge is -2.22. The first-order chi connectivity index (χ1) is 9.65. The minimum Gasteiger partial charge on any atom is -0.477 e. The highest BCUT2D eigenvalue weighted by Crippen LogP contribution is 2.36. The molecule has 2 aliphatic rings. The van der Waals surface area contributed by atoms with Gasteiger partial charge in [-0.25, -0.2) is 9.78 Å². The van der Waals surface area contributed by atoms with E-state index >= 15 is 0 Å². The van der Waals surface area contributed by atoms with E-state index in [1.807, 2.05) is 4.90 Å². The molecule has 1 aliphatic heterocycles. The number of aromatic carboxylic acids is 1. The number of carbonyl (C=O) groups is 2. The average molecular weight is 274 g/mol. The Morgan fingerprint density at radius 3 is 2.30 bits per heavy atom. The first-order valence-corrected chi connectivity index (χ1v) is 7.14. The Bertz CT molecular complexity index is 512. The van der Waals surface area contributed by atoms with Gasteiger partial charge in [0.25, 0.3) is 5.91 Å². The third kappa shape index (κ3) is 2.40. The highest BCUT2D eigenvalue weighted by Gasteiger charge is 2.36. The number of pyridine rings is 1. The molecule has 5 heteroatoms. The van der Waals surface area contributed by atoms with Gasteiger partial charge >= 0.3 is 5.97 Å². The molecule has 1 aromatic heterocycles. The van der Waals surface area contributed by atoms with Gasteiger partial charge in [0, 0.05) is 19.3 Å². The summed E-state index contributed by atoms with van der Waals surface area (Å²) in [4.78, 5) is 28.9. The number of rotatable bonds is 2. The summed E-state index contributed by atoms with van der Waals surface area (Å²) in [7, 11) is 0. The summed E-state index contributed by atoms with van der Waals surface area (Å²) in [6.07, 6.45) is 6.37. The van der Waals surface area contributed by atoms with Crippen LogP contribution in [-0.2, 0) is 0 Å². The number of carbonyl (C=O) groups excluding carboxylic acids is 1. The number of carboxylic acid groups (broad SMARTS) is 1. The molecule has 2 fully saturated rings. The zero-order chi connectivity index (χ0) is 14.1. The molecule has 1 aromatic rings. The van der Waals surface area contributed by atoms with Crippen molar-refractivity contribution in [1.29, 1.82) is 0 Å². The van der Waals surface area contributed by atoms with Gasteiger partial charge in [-0.2, -0.15) is 0 Å². The summed E-state index contributed by atoms with van der Waals surface area (Å²) in [5.41, 5.74) is 0.449. The molecule has 1 aliphatic carbocycles. The molecule has 106 valence electrons. The highest BCUT2D eigenvalue weighted by atomic mass is 16.4. The first kappa shape index (κ1) is 13.1. The van der Waals surface area contributed by atoms with Gasteiger partial charge < -0.3 is 10.0 Å². The van der Waals surface area contributed by atoms with Gasteiger partial charge in [-0.05, 0) is 36.8 Å². The molecular weight excluding hydrogens is 256 g/mol. The highest BCUT2D eigenvalue weighted by molar-refractivity contribution is 5.95. The molecule has 1 N–H and O–H groups in total. The Hall–Kier alpha value is -1.91. The Kier molecular flexibility index (Phi) is 3.42. The van der Waals surface area contributed by atoms with Gasteiger partial charge in [-0.3, -0.25) is 4.79 Å². The molecule has 0 aromatic carbocycles. The Balaban J connectivity index is 1.71. The van der Waals surface area contributed by atoms with E-state index in [2.05, 4.69) is 4.98 Å². The van der Waals surface area contributed by atoms with Crippen LogP contribution in [0.2, 0.25) is 0 Å². The van der Waals surface area contributed by atoms with E-state index < -0.39 is 5.97 Å². The van der Waals surface area contributed by atoms with Crippen molar-refractivity contribution in [3.05, 3.63) is 29.6 Å². The minimum absolute atomic E-state index is 0.0242. The summed E-state index contributed by atoms with van der Waals surface area (Å²) in [5, 5.41) is 8.81. The fourth-order valence-corrected chi connectivity index (χ4v) is 3.40. The maximum absolute atomic E-state index is 12.4. The van der Waals surface area contributed by atoms with Crippen LogP contribution in [0, 0.1) is 11.8 Å². The van der Waals surface area contributed by atoms with Gasteiger partial charge in [0.2, 0.25) is 0 Å². The standard InChI is InChI=1S/C15H18N2O3/c18-14(10-5-6-13(15(19)20)16-7-10)17-8-11-3-1-2-4-12(11)9-17/h5-7,11-12H,1-4,8-9H2,(H,19,20). The van der Waals surface area contributed by atoms with Gasteiger partial charge in [-0.1, -0.05) is 12.8 Å². The second-order valence-corrected chi connectivity index (χ2v) is 5.75. The predicted molar refractivity (Wildman–Crippen MR) is 72.5 cm³/mol. The van der Waals surface area contributed by atoms with Crippen LogP contribution < -0.4 is 0 Å². The van der Waals surface area contributed by atoms with Crippen molar-refractivity contribution in [2.24, 2.45) is 11.8 Å². The van der Waals surface area contributed by atoms with Crippen LogP contribution in [0.15, 0.2) is 18.3 Å². The molecule has 1 saturated heterocycles. The summed E-state index contributed by atoms with van der Waals surface area (Å²) in [6, 6.07) is 2.94. The molecule has 3 rings (SSSR count). The van der Waals surface area contributed by atoms with Crippen molar-refractivity contribution < 1.29 is 14.7 Å². The number of hydrogen-bond acceptors (Lipinski definition) is 3. The van der Waals surface area contributed by atoms with E-state index in [0.29, 0.717) is 17.4 Å². The van der Waals surface area contributed by atoms with E-state index in [0.717, 1.165) is 13.1 Å². The van der Waals surface area contributed by atoms with Crippen molar-refractivity contribution in [2.45, 2.75) is 25.7 Å². The van der Waals surface area contributed by atoms with Crippen LogP contribution in [0.4, 0.5) is 0 Å². The Labute approximate surface area is 117 Å². The zero-order valence-electron chi connectivity index (χ0n) is 11.3. The third-order valence-corrected chi connectivity index (χ3v) is 4.49. The number of aromatic nitrogens is 1. The predicted octanol–water partition coefficient (Wildman–Crippen LogP) is 2.04. The lowest BCUT2D eigenvalue weighted by molar-refractivity contribution is 0.0688. The first-order valence-electron chi connectivity index (χ1n) is 7.14. The summed E-state index contributed by atoms with van der Waals surface area (Å²) >= 11 is 0. The van der Waals surface area contributed by atoms with Crippen molar-refractivity contribution in [1.82, 2.24) is 9.88 Å². The number of fused-ring (bicyclic) bond motifs is 1. The van der Waals surface area contributed by atoms with Gasteiger partial charge in [0.15, 0.2) is 0 Å². The fraction of sp³-hybridized carbons (Fsp3) is 0.533. The molecule has 2 unspecified atom stereocenters. The normalized spacial score (nSPS) is 25.3. The molecule has 0 bridgehead atoms. The molecule has 0 spiro atoms. The van der Waals surface area contributed by atoms with Crippen LogP contribution in [0.3, 0.4) is 0 Å². The second-order valence-electron chi connectivity index (χ2n) is 5.75. The van der Waals surface area contributed by atoms with Crippen LogP contribution in [0.5, 0.6) is 0 Å². The van der Waals surface area contributed by atoms with E-state index in [9.17, 15) is 9.59 Å². The van der Waals surface area contributed by atoms with Crippen molar-refractivity contribution in [2.75, 3.05) is 13.1 Å². The van der Waals surface area contributed by atoms with Gasteiger partial charge in [0.1, 0.15) is 5.69 Å². The van der Waals surface area contributed by atoms with Crippen molar-refractivity contribution >= 4 is 11.9 Å². The number of likely N-dealkylation sites (tertiary alicyclic amines) is 1. The van der Waals surface area contributed by atoms with Crippen LogP contribution in [0.25, 0.3) is 0 Å². The molecular formula is C15H18N2O3. The van der Waals surface area contributed by atoms with Gasteiger partial charge in [0.05, 0.1) is 5.56 Å². The quantitative estimate of drug-likeness (QED) is 0.896. The molecule has 2 heterocycles. The fourth-order valence-electron chi connectivity index (χ4n) is 3.40.